The molecule has 0 bridgehead atoms. The highest BCUT2D eigenvalue weighted by Gasteiger charge is 2.54. The van der Waals surface area contributed by atoms with Gasteiger partial charge in [0.1, 0.15) is 73.2 Å². The molecule has 14 N–H and O–H groups in total. The molecule has 5 heterocycles. The molecule has 0 aromatic heterocycles. The first-order valence-corrected chi connectivity index (χ1v) is 22.5. The maximum absolute atomic E-state index is 12.4. The number of unbranched alkanes of at least 4 members (excludes halogenated alkanes) is 3. The number of carbonyl (C=O) groups excluding carboxylic acids is 4. The molecular weight excluding hydrogens is 863 g/mol. The Hall–Kier alpha value is -2.57. The zero-order chi connectivity index (χ0) is 45.8. The van der Waals surface area contributed by atoms with Crippen LogP contribution < -0.4 is 26.6 Å². The quantitative estimate of drug-likeness (QED) is 0.0335. The average Bonchev–Trinajstić information content (AvgIpc) is 3.82. The Balaban J connectivity index is 1.04. The number of thioether (sulfide) groups is 1. The standard InChI is InChI=1S/C38H65N5O19S/c1-17(47)41-26-33(61-37-32(55)34(29(52)21(15-46)60-37)62-36-31(54)30(53)27(50)19(13-44)59-36)28(51)20(14-45)58-35(26)57-12-6-2-3-8-23(48)39-10-11-40-24(49)9-5-4-7-22-25-18(16-63-22)42-38(56)43-25/h18-22,25-37,44-46,50-55H,2-16H2,1H3,(H,39,48)(H,40,49)(H,41,47)(H2,42,43,56)/t18-,19+,20+,21+,22-,25-,26+,27-,28-,29-,30-,31+,32+,33+,34-,35-,36-,37-/m0/s1. The number of urea groups is 1. The summed E-state index contributed by atoms with van der Waals surface area (Å²) in [4.78, 5) is 48.6. The molecule has 0 unspecified atom stereocenters. The molecule has 24 nitrogen and oxygen atoms in total. The predicted molar refractivity (Wildman–Crippen MR) is 215 cm³/mol. The van der Waals surface area contributed by atoms with Crippen LogP contribution >= 0.6 is 11.8 Å². The Morgan fingerprint density at radius 1 is 0.683 bits per heavy atom. The number of hydrogen-bond donors (Lipinski definition) is 14. The molecule has 5 saturated heterocycles. The van der Waals surface area contributed by atoms with E-state index in [0.29, 0.717) is 30.9 Å². The monoisotopic (exact) mass is 927 g/mol. The van der Waals surface area contributed by atoms with Gasteiger partial charge in [0.15, 0.2) is 18.9 Å². The summed E-state index contributed by atoms with van der Waals surface area (Å²) in [5, 5.41) is 108. The molecule has 5 fully saturated rings. The third kappa shape index (κ3) is 13.7. The number of carbonyl (C=O) groups is 4. The van der Waals surface area contributed by atoms with Crippen LogP contribution in [-0.4, -0.2) is 224 Å². The maximum Gasteiger partial charge on any atom is 0.315 e. The van der Waals surface area contributed by atoms with Crippen molar-refractivity contribution in [2.45, 2.75) is 168 Å². The summed E-state index contributed by atoms with van der Waals surface area (Å²) in [6, 6.07) is -1.10. The molecule has 5 rings (SSSR count). The highest BCUT2D eigenvalue weighted by Crippen LogP contribution is 2.34. The van der Waals surface area contributed by atoms with Crippen LogP contribution in [0.4, 0.5) is 4.79 Å². The van der Waals surface area contributed by atoms with Crippen molar-refractivity contribution in [1.29, 1.82) is 0 Å². The van der Waals surface area contributed by atoms with Crippen molar-refractivity contribution in [2.75, 3.05) is 45.3 Å². The van der Waals surface area contributed by atoms with Gasteiger partial charge in [-0.1, -0.05) is 12.8 Å². The van der Waals surface area contributed by atoms with Gasteiger partial charge in [0.2, 0.25) is 17.7 Å². The summed E-state index contributed by atoms with van der Waals surface area (Å²) in [6.45, 7) is -0.593. The minimum atomic E-state index is -1.96. The number of fused-ring (bicyclic) bond motifs is 1. The number of rotatable bonds is 23. The van der Waals surface area contributed by atoms with E-state index < -0.39 is 118 Å². The first-order chi connectivity index (χ1) is 30.2. The van der Waals surface area contributed by atoms with Gasteiger partial charge >= 0.3 is 6.03 Å². The summed E-state index contributed by atoms with van der Waals surface area (Å²) in [7, 11) is 0. The molecule has 0 aromatic rings. The van der Waals surface area contributed by atoms with E-state index in [1.165, 1.54) is 6.92 Å². The fourth-order valence-electron chi connectivity index (χ4n) is 8.19. The minimum Gasteiger partial charge on any atom is -0.394 e. The van der Waals surface area contributed by atoms with Gasteiger partial charge in [0.25, 0.3) is 0 Å². The van der Waals surface area contributed by atoms with Gasteiger partial charge in [0.05, 0.1) is 31.9 Å². The number of aliphatic hydroxyl groups is 9. The smallest absolute Gasteiger partial charge is 0.315 e. The third-order valence-electron chi connectivity index (χ3n) is 11.7. The van der Waals surface area contributed by atoms with Gasteiger partial charge < -0.3 is 101 Å². The molecule has 362 valence electrons. The molecule has 5 aliphatic rings. The van der Waals surface area contributed by atoms with Crippen LogP contribution in [0.3, 0.4) is 0 Å². The van der Waals surface area contributed by atoms with E-state index in [4.69, 9.17) is 28.4 Å². The topological polar surface area (TPSA) is 366 Å². The molecule has 5 amide bonds. The number of ether oxygens (including phenoxy) is 6. The lowest BCUT2D eigenvalue weighted by Crippen LogP contribution is -2.69. The molecule has 18 atom stereocenters. The first-order valence-electron chi connectivity index (χ1n) is 21.5. The maximum atomic E-state index is 12.4. The van der Waals surface area contributed by atoms with E-state index in [-0.39, 0.29) is 56.0 Å². The molecule has 0 saturated carbocycles. The van der Waals surface area contributed by atoms with Crippen LogP contribution in [0.1, 0.15) is 58.3 Å². The Morgan fingerprint density at radius 2 is 1.24 bits per heavy atom. The zero-order valence-corrected chi connectivity index (χ0v) is 35.8. The van der Waals surface area contributed by atoms with Crippen LogP contribution in [0.25, 0.3) is 0 Å². The molecule has 63 heavy (non-hydrogen) atoms. The number of hydrogen-bond acceptors (Lipinski definition) is 20. The normalized spacial score (nSPS) is 38.9. The van der Waals surface area contributed by atoms with Crippen LogP contribution in [0.5, 0.6) is 0 Å². The van der Waals surface area contributed by atoms with Crippen LogP contribution in [0.2, 0.25) is 0 Å². The second kappa shape index (κ2) is 24.8. The van der Waals surface area contributed by atoms with E-state index in [9.17, 15) is 65.1 Å². The largest absolute Gasteiger partial charge is 0.394 e. The fourth-order valence-corrected chi connectivity index (χ4v) is 9.74. The van der Waals surface area contributed by atoms with E-state index in [1.807, 2.05) is 11.8 Å². The van der Waals surface area contributed by atoms with Crippen molar-refractivity contribution in [3.8, 4) is 0 Å². The van der Waals surface area contributed by atoms with Crippen molar-refractivity contribution < 1.29 is 93.6 Å². The Bertz CT molecular complexity index is 1480. The molecule has 0 radical (unpaired) electrons. The summed E-state index contributed by atoms with van der Waals surface area (Å²) in [6.07, 6.45) is -18.8. The molecule has 0 aromatic carbocycles. The Kier molecular flexibility index (Phi) is 20.2. The molecule has 0 spiro atoms. The van der Waals surface area contributed by atoms with Gasteiger partial charge in [-0.3, -0.25) is 14.4 Å². The second-order valence-electron chi connectivity index (χ2n) is 16.3. The molecule has 25 heteroatoms. The van der Waals surface area contributed by atoms with Gasteiger partial charge in [-0.15, -0.1) is 0 Å². The van der Waals surface area contributed by atoms with Crippen molar-refractivity contribution in [1.82, 2.24) is 26.6 Å². The van der Waals surface area contributed by atoms with Crippen molar-refractivity contribution >= 4 is 35.5 Å². The van der Waals surface area contributed by atoms with E-state index >= 15 is 0 Å². The molecule has 0 aliphatic carbocycles. The number of amides is 5. The summed E-state index contributed by atoms with van der Waals surface area (Å²) in [5.74, 6) is -0.00644. The van der Waals surface area contributed by atoms with Crippen LogP contribution in [0, 0.1) is 0 Å². The third-order valence-corrected chi connectivity index (χ3v) is 13.2. The van der Waals surface area contributed by atoms with Crippen LogP contribution in [-0.2, 0) is 42.8 Å². The Labute approximate surface area is 368 Å². The fraction of sp³-hybridized carbons (Fsp3) is 0.895. The first kappa shape index (κ1) is 51.4. The van der Waals surface area contributed by atoms with Crippen molar-refractivity contribution in [3.05, 3.63) is 0 Å². The zero-order valence-electron chi connectivity index (χ0n) is 35.0. The molecular formula is C38H65N5O19S. The lowest BCUT2D eigenvalue weighted by molar-refractivity contribution is -0.374. The van der Waals surface area contributed by atoms with Crippen molar-refractivity contribution in [2.24, 2.45) is 0 Å². The second-order valence-corrected chi connectivity index (χ2v) is 17.6. The van der Waals surface area contributed by atoms with Gasteiger partial charge in [-0.2, -0.15) is 11.8 Å². The van der Waals surface area contributed by atoms with Crippen molar-refractivity contribution in [3.63, 3.8) is 0 Å². The summed E-state index contributed by atoms with van der Waals surface area (Å²) >= 11 is 1.84. The van der Waals surface area contributed by atoms with E-state index in [0.717, 1.165) is 25.0 Å². The minimum absolute atomic E-state index is 0.0417. The average molecular weight is 928 g/mol. The highest BCUT2D eigenvalue weighted by molar-refractivity contribution is 8.00. The van der Waals surface area contributed by atoms with Gasteiger partial charge in [0, 0.05) is 50.5 Å². The SMILES string of the molecule is CC(=O)N[C@H]1[C@@H](OCCCCCC(=O)NCCNC(=O)CCCC[C@@H]2SC[C@@H]3NC(=O)N[C@@H]32)O[C@H](CO)[C@H](O)[C@@H]1O[C@@H]1O[C@H](CO)[C@H](O)[C@H](O[C@@H]2O[C@H](CO)[C@H](O)[C@H](O)[C@H]2O)[C@H]1O. The summed E-state index contributed by atoms with van der Waals surface area (Å²) < 4.78 is 34.3. The summed E-state index contributed by atoms with van der Waals surface area (Å²) in [5.41, 5.74) is 0. The Morgan fingerprint density at radius 3 is 1.86 bits per heavy atom. The van der Waals surface area contributed by atoms with E-state index in [2.05, 4.69) is 26.6 Å². The highest BCUT2D eigenvalue weighted by atomic mass is 32.2. The lowest BCUT2D eigenvalue weighted by atomic mass is 9.95. The van der Waals surface area contributed by atoms with Gasteiger partial charge in [-0.05, 0) is 25.7 Å². The number of aliphatic hydroxyl groups excluding tert-OH is 9. The molecule has 5 aliphatic heterocycles. The van der Waals surface area contributed by atoms with Gasteiger partial charge in [-0.25, -0.2) is 4.79 Å². The van der Waals surface area contributed by atoms with Crippen LogP contribution in [0.15, 0.2) is 0 Å². The lowest BCUT2D eigenvalue weighted by Gasteiger charge is -2.49. The number of nitrogens with one attached hydrogen (secondary N) is 5. The predicted octanol–water partition coefficient (Wildman–Crippen LogP) is -5.89. The van der Waals surface area contributed by atoms with E-state index in [1.54, 1.807) is 0 Å².